The van der Waals surface area contributed by atoms with Crippen LogP contribution in [0.2, 0.25) is 0 Å². The highest BCUT2D eigenvalue weighted by Crippen LogP contribution is 2.33. The van der Waals surface area contributed by atoms with Gasteiger partial charge in [-0.05, 0) is 50.1 Å². The molecular formula is C15H23NO2S. The van der Waals surface area contributed by atoms with E-state index in [0.717, 1.165) is 29.2 Å². The molecule has 0 saturated carbocycles. The van der Waals surface area contributed by atoms with E-state index in [9.17, 15) is 0 Å². The van der Waals surface area contributed by atoms with Crippen LogP contribution in [0, 0.1) is 0 Å². The Labute approximate surface area is 119 Å². The van der Waals surface area contributed by atoms with Gasteiger partial charge in [0.2, 0.25) is 0 Å². The van der Waals surface area contributed by atoms with E-state index in [-0.39, 0.29) is 5.54 Å². The largest absolute Gasteiger partial charge is 0.493 e. The van der Waals surface area contributed by atoms with Gasteiger partial charge in [-0.25, -0.2) is 0 Å². The molecule has 0 amide bonds. The van der Waals surface area contributed by atoms with Crippen molar-refractivity contribution in [2.45, 2.75) is 38.3 Å². The van der Waals surface area contributed by atoms with Gasteiger partial charge >= 0.3 is 0 Å². The third kappa shape index (κ3) is 3.80. The topological polar surface area (TPSA) is 44.5 Å². The molecule has 2 N–H and O–H groups in total. The molecule has 1 aromatic carbocycles. The second kappa shape index (κ2) is 6.06. The highest BCUT2D eigenvalue weighted by molar-refractivity contribution is 7.99. The maximum atomic E-state index is 6.11. The molecule has 0 spiro atoms. The molecule has 1 saturated heterocycles. The predicted molar refractivity (Wildman–Crippen MR) is 81.2 cm³/mol. The molecule has 1 atom stereocenters. The van der Waals surface area contributed by atoms with Gasteiger partial charge in [0.1, 0.15) is 6.10 Å². The maximum Gasteiger partial charge on any atom is 0.161 e. The molecule has 0 bridgehead atoms. The molecule has 2 rings (SSSR count). The van der Waals surface area contributed by atoms with Crippen LogP contribution >= 0.6 is 11.8 Å². The molecule has 0 radical (unpaired) electrons. The highest BCUT2D eigenvalue weighted by Gasteiger charge is 2.20. The fourth-order valence-electron chi connectivity index (χ4n) is 2.15. The zero-order chi connectivity index (χ0) is 13.9. The molecule has 1 unspecified atom stereocenters. The summed E-state index contributed by atoms with van der Waals surface area (Å²) in [5, 5.41) is 0. The molecule has 4 heteroatoms. The Morgan fingerprint density at radius 2 is 2.11 bits per heavy atom. The minimum atomic E-state index is -0.369. The smallest absolute Gasteiger partial charge is 0.161 e. The van der Waals surface area contributed by atoms with Gasteiger partial charge in [-0.3, -0.25) is 0 Å². The number of nitrogens with two attached hydrogens (primary N) is 1. The summed E-state index contributed by atoms with van der Waals surface area (Å²) < 4.78 is 11.5. The van der Waals surface area contributed by atoms with Crippen LogP contribution in [0.1, 0.15) is 32.3 Å². The van der Waals surface area contributed by atoms with Crippen LogP contribution in [0.25, 0.3) is 0 Å². The van der Waals surface area contributed by atoms with Crippen LogP contribution in [-0.4, -0.2) is 24.7 Å². The summed E-state index contributed by atoms with van der Waals surface area (Å²) in [6.45, 7) is 3.97. The van der Waals surface area contributed by atoms with Gasteiger partial charge in [0.25, 0.3) is 0 Å². The Morgan fingerprint density at radius 3 is 2.68 bits per heavy atom. The first kappa shape index (κ1) is 14.5. The summed E-state index contributed by atoms with van der Waals surface area (Å²) in [6.07, 6.45) is 2.65. The molecule has 1 fully saturated rings. The third-order valence-electron chi connectivity index (χ3n) is 3.32. The molecule has 0 aliphatic carbocycles. The third-order valence-corrected chi connectivity index (χ3v) is 4.50. The fourth-order valence-corrected chi connectivity index (χ4v) is 3.18. The van der Waals surface area contributed by atoms with Crippen molar-refractivity contribution in [2.75, 3.05) is 18.6 Å². The normalized spacial score (nSPS) is 20.1. The van der Waals surface area contributed by atoms with Crippen molar-refractivity contribution >= 4 is 11.8 Å². The number of hydrogen-bond donors (Lipinski definition) is 1. The molecular weight excluding hydrogens is 258 g/mol. The van der Waals surface area contributed by atoms with Crippen LogP contribution in [0.15, 0.2) is 18.2 Å². The highest BCUT2D eigenvalue weighted by atomic mass is 32.2. The first-order valence-corrected chi connectivity index (χ1v) is 7.88. The average Bonchev–Trinajstić information content (AvgIpc) is 2.39. The Morgan fingerprint density at radius 1 is 1.32 bits per heavy atom. The van der Waals surface area contributed by atoms with Crippen molar-refractivity contribution in [3.05, 3.63) is 23.8 Å². The number of methoxy groups -OCH3 is 1. The van der Waals surface area contributed by atoms with E-state index in [1.54, 1.807) is 7.11 Å². The quantitative estimate of drug-likeness (QED) is 0.920. The Kier molecular flexibility index (Phi) is 4.63. The average molecular weight is 281 g/mol. The number of hydrogen-bond acceptors (Lipinski definition) is 4. The monoisotopic (exact) mass is 281 g/mol. The van der Waals surface area contributed by atoms with Crippen molar-refractivity contribution in [3.8, 4) is 11.5 Å². The van der Waals surface area contributed by atoms with E-state index in [4.69, 9.17) is 15.2 Å². The number of rotatable bonds is 4. The Bertz CT molecular complexity index is 423. The molecule has 19 heavy (non-hydrogen) atoms. The standard InChI is InChI=1S/C15H23NO2S/c1-15(2,16)11-6-7-13(14(9-11)17-3)18-12-5-4-8-19-10-12/h6-7,9,12H,4-5,8,10,16H2,1-3H3. The SMILES string of the molecule is COc1cc(C(C)(C)N)ccc1OC1CCCSC1. The van der Waals surface area contributed by atoms with Gasteiger partial charge in [0.15, 0.2) is 11.5 Å². The van der Waals surface area contributed by atoms with E-state index in [1.165, 1.54) is 12.2 Å². The van der Waals surface area contributed by atoms with Crippen molar-refractivity contribution in [1.29, 1.82) is 0 Å². The first-order valence-electron chi connectivity index (χ1n) is 6.72. The maximum absolute atomic E-state index is 6.11. The number of benzene rings is 1. The van der Waals surface area contributed by atoms with Gasteiger partial charge in [0, 0.05) is 11.3 Å². The Hall–Kier alpha value is -0.870. The van der Waals surface area contributed by atoms with Crippen molar-refractivity contribution in [1.82, 2.24) is 0 Å². The van der Waals surface area contributed by atoms with E-state index in [2.05, 4.69) is 0 Å². The lowest BCUT2D eigenvalue weighted by molar-refractivity contribution is 0.202. The van der Waals surface area contributed by atoms with E-state index >= 15 is 0 Å². The molecule has 106 valence electrons. The first-order chi connectivity index (χ1) is 9.00. The van der Waals surface area contributed by atoms with Crippen LogP contribution in [0.5, 0.6) is 11.5 Å². The zero-order valence-corrected chi connectivity index (χ0v) is 12.8. The minimum absolute atomic E-state index is 0.296. The lowest BCUT2D eigenvalue weighted by atomic mass is 9.95. The van der Waals surface area contributed by atoms with Crippen molar-refractivity contribution in [3.63, 3.8) is 0 Å². The van der Waals surface area contributed by atoms with Crippen LogP contribution in [-0.2, 0) is 5.54 Å². The lowest BCUT2D eigenvalue weighted by Gasteiger charge is -2.25. The summed E-state index contributed by atoms with van der Waals surface area (Å²) in [5.41, 5.74) is 6.80. The second-order valence-electron chi connectivity index (χ2n) is 5.54. The van der Waals surface area contributed by atoms with Crippen LogP contribution < -0.4 is 15.2 Å². The molecule has 1 heterocycles. The fraction of sp³-hybridized carbons (Fsp3) is 0.600. The summed E-state index contributed by atoms with van der Waals surface area (Å²) >= 11 is 1.96. The molecule has 1 aliphatic heterocycles. The lowest BCUT2D eigenvalue weighted by Crippen LogP contribution is -2.28. The van der Waals surface area contributed by atoms with E-state index < -0.39 is 0 Å². The number of ether oxygens (including phenoxy) is 2. The summed E-state index contributed by atoms with van der Waals surface area (Å²) in [4.78, 5) is 0. The summed E-state index contributed by atoms with van der Waals surface area (Å²) in [7, 11) is 1.67. The van der Waals surface area contributed by atoms with E-state index in [1.807, 2.05) is 43.8 Å². The van der Waals surface area contributed by atoms with Crippen molar-refractivity contribution < 1.29 is 9.47 Å². The molecule has 1 aliphatic rings. The summed E-state index contributed by atoms with van der Waals surface area (Å²) in [6, 6.07) is 5.97. The minimum Gasteiger partial charge on any atom is -0.493 e. The second-order valence-corrected chi connectivity index (χ2v) is 6.69. The van der Waals surface area contributed by atoms with Gasteiger partial charge in [-0.1, -0.05) is 6.07 Å². The molecule has 3 nitrogen and oxygen atoms in total. The molecule has 1 aromatic rings. The molecule has 0 aromatic heterocycles. The van der Waals surface area contributed by atoms with Gasteiger partial charge < -0.3 is 15.2 Å². The Balaban J connectivity index is 2.16. The van der Waals surface area contributed by atoms with E-state index in [0.29, 0.717) is 6.10 Å². The van der Waals surface area contributed by atoms with Crippen LogP contribution in [0.3, 0.4) is 0 Å². The van der Waals surface area contributed by atoms with Gasteiger partial charge in [-0.2, -0.15) is 11.8 Å². The van der Waals surface area contributed by atoms with Gasteiger partial charge in [-0.15, -0.1) is 0 Å². The van der Waals surface area contributed by atoms with Gasteiger partial charge in [0.05, 0.1) is 7.11 Å². The predicted octanol–water partition coefficient (Wildman–Crippen LogP) is 3.16. The van der Waals surface area contributed by atoms with Crippen molar-refractivity contribution in [2.24, 2.45) is 5.73 Å². The zero-order valence-electron chi connectivity index (χ0n) is 11.9. The number of thioether (sulfide) groups is 1. The summed E-state index contributed by atoms with van der Waals surface area (Å²) in [5.74, 6) is 3.90. The van der Waals surface area contributed by atoms with Crippen LogP contribution in [0.4, 0.5) is 0 Å².